The number of nitrogens with two attached hydrogens (primary N) is 1. The van der Waals surface area contributed by atoms with Crippen molar-refractivity contribution in [2.24, 2.45) is 0 Å². The molecule has 4 N–H and O–H groups in total. The molecule has 0 bridgehead atoms. The number of hydrogen-bond donors (Lipinski definition) is 3. The number of nitrogens with one attached hydrogen (secondary N) is 1. The highest BCUT2D eigenvalue weighted by molar-refractivity contribution is 6.31. The lowest BCUT2D eigenvalue weighted by Gasteiger charge is -2.17. The Hall–Kier alpha value is -3.90. The van der Waals surface area contributed by atoms with Crippen LogP contribution >= 0.6 is 11.6 Å². The van der Waals surface area contributed by atoms with Gasteiger partial charge in [-0.3, -0.25) is 9.77 Å². The number of hydrogen-bond acceptors (Lipinski definition) is 6. The van der Waals surface area contributed by atoms with E-state index in [-0.39, 0.29) is 22.3 Å². The Morgan fingerprint density at radius 3 is 2.53 bits per heavy atom. The van der Waals surface area contributed by atoms with Crippen molar-refractivity contribution in [3.05, 3.63) is 65.7 Å². The van der Waals surface area contributed by atoms with E-state index < -0.39 is 22.8 Å². The van der Waals surface area contributed by atoms with Gasteiger partial charge in [-0.25, -0.2) is 19.7 Å². The number of aromatic nitrogens is 4. The van der Waals surface area contributed by atoms with Crippen LogP contribution < -0.4 is 16.1 Å². The Balaban J connectivity index is 1.53. The second kappa shape index (κ2) is 7.98. The molecule has 0 radical (unpaired) electrons. The van der Waals surface area contributed by atoms with Gasteiger partial charge in [-0.15, -0.1) is 0 Å². The predicted molar refractivity (Wildman–Crippen MR) is 111 cm³/mol. The van der Waals surface area contributed by atoms with Gasteiger partial charge in [0.2, 0.25) is 0 Å². The third-order valence-corrected chi connectivity index (χ3v) is 4.78. The van der Waals surface area contributed by atoms with Crippen LogP contribution in [0.4, 0.5) is 35.2 Å². The van der Waals surface area contributed by atoms with Crippen LogP contribution in [0.25, 0.3) is 16.9 Å². The molecule has 0 aliphatic heterocycles. The van der Waals surface area contributed by atoms with Crippen molar-refractivity contribution >= 4 is 46.0 Å². The number of imidazole rings is 1. The molecule has 0 aliphatic rings. The van der Waals surface area contributed by atoms with Gasteiger partial charge in [0.1, 0.15) is 12.7 Å². The monoisotopic (exact) mass is 463 g/mol. The van der Waals surface area contributed by atoms with Gasteiger partial charge in [0, 0.05) is 11.4 Å². The molecule has 2 aromatic carbocycles. The summed E-state index contributed by atoms with van der Waals surface area (Å²) in [4.78, 5) is 24.4. The fourth-order valence-electron chi connectivity index (χ4n) is 2.91. The minimum Gasteiger partial charge on any atom is -0.382 e. The molecule has 164 valence electrons. The normalized spacial score (nSPS) is 11.5. The van der Waals surface area contributed by atoms with Crippen molar-refractivity contribution in [2.45, 2.75) is 6.18 Å². The van der Waals surface area contributed by atoms with E-state index in [4.69, 9.17) is 17.3 Å². The summed E-state index contributed by atoms with van der Waals surface area (Å²) in [5, 5.41) is 12.1. The summed E-state index contributed by atoms with van der Waals surface area (Å²) in [6, 6.07) is 7.80. The van der Waals surface area contributed by atoms with Crippen LogP contribution in [0.5, 0.6) is 0 Å². The number of urea groups is 1. The van der Waals surface area contributed by atoms with Crippen LogP contribution in [-0.2, 0) is 6.18 Å². The molecule has 0 spiro atoms. The van der Waals surface area contributed by atoms with Gasteiger partial charge in [-0.1, -0.05) is 11.6 Å². The minimum atomic E-state index is -4.69. The van der Waals surface area contributed by atoms with E-state index in [9.17, 15) is 23.2 Å². The number of rotatable bonds is 3. The van der Waals surface area contributed by atoms with Crippen molar-refractivity contribution in [3.63, 3.8) is 0 Å². The number of nitrogens with zero attached hydrogens (tertiary/aromatic N) is 5. The van der Waals surface area contributed by atoms with Crippen LogP contribution in [-0.4, -0.2) is 30.8 Å². The number of nitrogen functional groups attached to an aromatic ring is 1. The summed E-state index contributed by atoms with van der Waals surface area (Å²) in [6.07, 6.45) is -1.91. The van der Waals surface area contributed by atoms with Crippen LogP contribution in [0.3, 0.4) is 0 Å². The summed E-state index contributed by atoms with van der Waals surface area (Å²) < 4.78 is 40.6. The topological polar surface area (TPSA) is 122 Å². The van der Waals surface area contributed by atoms with Gasteiger partial charge in [-0.05, 0) is 42.5 Å². The number of carbonyl (C=O) groups is 1. The highest BCUT2D eigenvalue weighted by atomic mass is 35.5. The van der Waals surface area contributed by atoms with Crippen molar-refractivity contribution in [3.8, 4) is 5.69 Å². The molecular weight excluding hydrogens is 451 g/mol. The molecule has 2 aromatic heterocycles. The molecule has 0 atom stereocenters. The molecule has 0 saturated carbocycles. The Morgan fingerprint density at radius 2 is 1.84 bits per heavy atom. The number of amides is 2. The van der Waals surface area contributed by atoms with Gasteiger partial charge in [0.15, 0.2) is 17.0 Å². The number of hydroxylamine groups is 1. The van der Waals surface area contributed by atoms with E-state index in [1.807, 2.05) is 0 Å². The van der Waals surface area contributed by atoms with Gasteiger partial charge >= 0.3 is 12.2 Å². The van der Waals surface area contributed by atoms with Crippen LogP contribution in [0, 0.1) is 0 Å². The van der Waals surface area contributed by atoms with E-state index in [0.29, 0.717) is 22.9 Å². The molecule has 2 amide bonds. The maximum atomic E-state index is 13.0. The number of carbonyl (C=O) groups excluding carboxylic acids is 1. The first-order chi connectivity index (χ1) is 15.1. The predicted octanol–water partition coefficient (Wildman–Crippen LogP) is 4.50. The first-order valence-corrected chi connectivity index (χ1v) is 9.23. The zero-order chi connectivity index (χ0) is 23.0. The zero-order valence-corrected chi connectivity index (χ0v) is 16.6. The zero-order valence-electron chi connectivity index (χ0n) is 15.9. The summed E-state index contributed by atoms with van der Waals surface area (Å²) in [6.45, 7) is 0. The average molecular weight is 464 g/mol. The van der Waals surface area contributed by atoms with Crippen LogP contribution in [0.15, 0.2) is 55.1 Å². The summed E-state index contributed by atoms with van der Waals surface area (Å²) in [5.41, 5.74) is 6.02. The first kappa shape index (κ1) is 21.3. The molecule has 9 nitrogen and oxygen atoms in total. The molecule has 0 fully saturated rings. The molecule has 4 aromatic rings. The van der Waals surface area contributed by atoms with Crippen LogP contribution in [0.1, 0.15) is 5.56 Å². The Morgan fingerprint density at radius 1 is 1.12 bits per heavy atom. The smallest absolute Gasteiger partial charge is 0.382 e. The molecule has 4 rings (SSSR count). The standard InChI is InChI=1S/C19H13ClF3N7O2/c20-14-6-1-10(7-13(14)19(21,22)23)28-18(31)30(32)12-4-2-11(3-5-12)29-9-27-15-16(24)25-8-26-17(15)29/h1-9,32H,(H,28,31)(H2,24,25,26). The minimum absolute atomic E-state index is 0.0646. The summed E-state index contributed by atoms with van der Waals surface area (Å²) >= 11 is 5.56. The molecule has 0 saturated heterocycles. The summed E-state index contributed by atoms with van der Waals surface area (Å²) in [5.74, 6) is 0.222. The largest absolute Gasteiger partial charge is 0.417 e. The molecule has 0 aliphatic carbocycles. The summed E-state index contributed by atoms with van der Waals surface area (Å²) in [7, 11) is 0. The third-order valence-electron chi connectivity index (χ3n) is 4.45. The Labute approximate surface area is 182 Å². The molecular formula is C19H13ClF3N7O2. The molecule has 2 heterocycles. The second-order valence-electron chi connectivity index (χ2n) is 6.50. The second-order valence-corrected chi connectivity index (χ2v) is 6.90. The highest BCUT2D eigenvalue weighted by Gasteiger charge is 2.33. The number of benzene rings is 2. The molecule has 0 unspecified atom stereocenters. The van der Waals surface area contributed by atoms with E-state index >= 15 is 0 Å². The van der Waals surface area contributed by atoms with Crippen LogP contribution in [0.2, 0.25) is 5.02 Å². The van der Waals surface area contributed by atoms with Gasteiger partial charge in [-0.2, -0.15) is 18.2 Å². The highest BCUT2D eigenvalue weighted by Crippen LogP contribution is 2.36. The van der Waals surface area contributed by atoms with E-state index in [0.717, 1.165) is 6.07 Å². The first-order valence-electron chi connectivity index (χ1n) is 8.86. The lowest BCUT2D eigenvalue weighted by Crippen LogP contribution is -2.31. The van der Waals surface area contributed by atoms with E-state index in [1.54, 1.807) is 16.7 Å². The average Bonchev–Trinajstić information content (AvgIpc) is 3.19. The fraction of sp³-hybridized carbons (Fsp3) is 0.0526. The Kier molecular flexibility index (Phi) is 5.32. The van der Waals surface area contributed by atoms with Gasteiger partial charge in [0.25, 0.3) is 0 Å². The molecule has 32 heavy (non-hydrogen) atoms. The quantitative estimate of drug-likeness (QED) is 0.304. The van der Waals surface area contributed by atoms with Crippen molar-refractivity contribution in [2.75, 3.05) is 16.1 Å². The van der Waals surface area contributed by atoms with E-state index in [2.05, 4.69) is 20.3 Å². The lowest BCUT2D eigenvalue weighted by molar-refractivity contribution is -0.137. The van der Waals surface area contributed by atoms with Crippen molar-refractivity contribution in [1.82, 2.24) is 19.5 Å². The number of anilines is 3. The van der Waals surface area contributed by atoms with E-state index in [1.165, 1.54) is 30.9 Å². The third kappa shape index (κ3) is 4.00. The Bertz CT molecular complexity index is 1310. The van der Waals surface area contributed by atoms with Gasteiger partial charge in [0.05, 0.1) is 16.3 Å². The maximum Gasteiger partial charge on any atom is 0.417 e. The van der Waals surface area contributed by atoms with Gasteiger partial charge < -0.3 is 11.1 Å². The maximum absolute atomic E-state index is 13.0. The number of alkyl halides is 3. The number of halogens is 4. The fourth-order valence-corrected chi connectivity index (χ4v) is 3.13. The SMILES string of the molecule is Nc1ncnc2c1ncn2-c1ccc(N(O)C(=O)Nc2ccc(Cl)c(C(F)(F)F)c2)cc1. The van der Waals surface area contributed by atoms with Crippen molar-refractivity contribution < 1.29 is 23.2 Å². The molecule has 13 heteroatoms. The van der Waals surface area contributed by atoms with Crippen molar-refractivity contribution in [1.29, 1.82) is 0 Å². The number of fused-ring (bicyclic) bond motifs is 1. The lowest BCUT2D eigenvalue weighted by atomic mass is 10.2.